The van der Waals surface area contributed by atoms with Crippen LogP contribution in [0.25, 0.3) is 0 Å². The molecule has 0 heterocycles. The number of halogens is 1. The number of thioether (sulfide) groups is 1. The van der Waals surface area contributed by atoms with Crippen molar-refractivity contribution in [3.63, 3.8) is 0 Å². The lowest BCUT2D eigenvalue weighted by atomic mass is 10.4. The summed E-state index contributed by atoms with van der Waals surface area (Å²) >= 11 is 1.84. The Hall–Kier alpha value is 0.310. The number of hydrogen-bond acceptors (Lipinski definition) is 3. The summed E-state index contributed by atoms with van der Waals surface area (Å²) in [6.45, 7) is 10.8. The lowest BCUT2D eigenvalue weighted by Gasteiger charge is -2.12. The first-order chi connectivity index (χ1) is 9.24. The van der Waals surface area contributed by atoms with E-state index in [4.69, 9.17) is 4.74 Å². The monoisotopic (exact) mass is 417 g/mol. The second-order valence-electron chi connectivity index (χ2n) is 4.51. The molecule has 0 aromatic carbocycles. The maximum absolute atomic E-state index is 5.53. The van der Waals surface area contributed by atoms with E-state index < -0.39 is 0 Å². The van der Waals surface area contributed by atoms with Crippen molar-refractivity contribution in [3.8, 4) is 0 Å². The molecule has 20 heavy (non-hydrogen) atoms. The first kappa shape index (κ1) is 22.6. The van der Waals surface area contributed by atoms with Crippen LogP contribution in [-0.2, 0) is 4.74 Å². The summed E-state index contributed by atoms with van der Waals surface area (Å²) in [6, 6.07) is 0. The van der Waals surface area contributed by atoms with E-state index in [1.54, 1.807) is 0 Å². The smallest absolute Gasteiger partial charge is 0.191 e. The van der Waals surface area contributed by atoms with E-state index >= 15 is 0 Å². The van der Waals surface area contributed by atoms with E-state index in [0.29, 0.717) is 5.25 Å². The van der Waals surface area contributed by atoms with Gasteiger partial charge in [0, 0.05) is 31.6 Å². The molecule has 4 nitrogen and oxygen atoms in total. The number of ether oxygens (including phenoxy) is 1. The Balaban J connectivity index is 0. The molecular formula is C14H32IN3OS. The first-order valence-corrected chi connectivity index (χ1v) is 8.66. The molecule has 0 amide bonds. The van der Waals surface area contributed by atoms with Crippen molar-refractivity contribution in [2.24, 2.45) is 4.99 Å². The molecule has 0 rings (SSSR count). The summed E-state index contributed by atoms with van der Waals surface area (Å²) < 4.78 is 5.53. The van der Waals surface area contributed by atoms with Gasteiger partial charge in [0.1, 0.15) is 0 Å². The fraction of sp³-hybridized carbons (Fsp3) is 0.929. The van der Waals surface area contributed by atoms with E-state index in [9.17, 15) is 0 Å². The zero-order valence-corrected chi connectivity index (χ0v) is 16.6. The number of aliphatic imine (C=N–C) groups is 1. The highest BCUT2D eigenvalue weighted by atomic mass is 127. The van der Waals surface area contributed by atoms with Crippen molar-refractivity contribution < 1.29 is 4.74 Å². The Kier molecular flexibility index (Phi) is 19.6. The second-order valence-corrected chi connectivity index (χ2v) is 5.79. The highest BCUT2D eigenvalue weighted by Crippen LogP contribution is 2.04. The minimum atomic E-state index is 0. The maximum Gasteiger partial charge on any atom is 0.191 e. The molecule has 0 fully saturated rings. The Morgan fingerprint density at radius 2 is 1.90 bits per heavy atom. The van der Waals surface area contributed by atoms with E-state index in [0.717, 1.165) is 51.6 Å². The molecule has 0 aliphatic carbocycles. The van der Waals surface area contributed by atoms with Crippen molar-refractivity contribution >= 4 is 41.7 Å². The fourth-order valence-corrected chi connectivity index (χ4v) is 1.59. The van der Waals surface area contributed by atoms with E-state index in [-0.39, 0.29) is 24.0 Å². The third kappa shape index (κ3) is 14.7. The quantitative estimate of drug-likeness (QED) is 0.235. The van der Waals surface area contributed by atoms with Crippen LogP contribution in [0.2, 0.25) is 0 Å². The summed E-state index contributed by atoms with van der Waals surface area (Å²) in [5.41, 5.74) is 0. The number of unbranched alkanes of at least 4 members (excludes halogenated alkanes) is 1. The van der Waals surface area contributed by atoms with Crippen LogP contribution >= 0.6 is 35.7 Å². The van der Waals surface area contributed by atoms with Crippen LogP contribution in [0.3, 0.4) is 0 Å². The van der Waals surface area contributed by atoms with Crippen LogP contribution in [0.1, 0.15) is 40.0 Å². The lowest BCUT2D eigenvalue weighted by Crippen LogP contribution is -2.38. The van der Waals surface area contributed by atoms with Gasteiger partial charge in [-0.25, -0.2) is 0 Å². The highest BCUT2D eigenvalue weighted by molar-refractivity contribution is 14.0. The molecule has 1 unspecified atom stereocenters. The molecule has 2 N–H and O–H groups in total. The number of nitrogens with one attached hydrogen (secondary N) is 2. The zero-order chi connectivity index (χ0) is 14.3. The molecule has 1 atom stereocenters. The van der Waals surface area contributed by atoms with Gasteiger partial charge in [-0.15, -0.1) is 24.0 Å². The van der Waals surface area contributed by atoms with Crippen molar-refractivity contribution in [1.82, 2.24) is 10.6 Å². The Morgan fingerprint density at radius 1 is 1.20 bits per heavy atom. The Bertz CT molecular complexity index is 230. The molecule has 122 valence electrons. The molecule has 0 spiro atoms. The third-order valence-corrected chi connectivity index (χ3v) is 3.61. The predicted molar refractivity (Wildman–Crippen MR) is 103 cm³/mol. The molecule has 0 aliphatic heterocycles. The van der Waals surface area contributed by atoms with Crippen LogP contribution < -0.4 is 10.6 Å². The summed E-state index contributed by atoms with van der Waals surface area (Å²) in [4.78, 5) is 4.56. The van der Waals surface area contributed by atoms with Crippen LogP contribution in [-0.4, -0.2) is 50.3 Å². The van der Waals surface area contributed by atoms with Gasteiger partial charge in [-0.2, -0.15) is 11.8 Å². The summed E-state index contributed by atoms with van der Waals surface area (Å²) in [6.07, 6.45) is 5.49. The SMILES string of the molecule is CCCCOCCCNC(=NCC(C)SC)NCC.I. The van der Waals surface area contributed by atoms with Crippen molar-refractivity contribution in [2.75, 3.05) is 39.1 Å². The maximum atomic E-state index is 5.53. The molecule has 0 bridgehead atoms. The molecule has 0 aliphatic rings. The molecule has 6 heteroatoms. The average molecular weight is 417 g/mol. The lowest BCUT2D eigenvalue weighted by molar-refractivity contribution is 0.129. The molecule has 0 aromatic rings. The molecule has 0 saturated carbocycles. The van der Waals surface area contributed by atoms with Crippen molar-refractivity contribution in [3.05, 3.63) is 0 Å². The second kappa shape index (κ2) is 17.4. The summed E-state index contributed by atoms with van der Waals surface area (Å²) in [5, 5.41) is 7.17. The first-order valence-electron chi connectivity index (χ1n) is 7.37. The van der Waals surface area contributed by atoms with Crippen molar-refractivity contribution in [2.45, 2.75) is 45.3 Å². The van der Waals surface area contributed by atoms with Crippen molar-refractivity contribution in [1.29, 1.82) is 0 Å². The number of nitrogens with zero attached hydrogens (tertiary/aromatic N) is 1. The van der Waals surface area contributed by atoms with Gasteiger partial charge < -0.3 is 15.4 Å². The summed E-state index contributed by atoms with van der Waals surface area (Å²) in [5.74, 6) is 0.914. The Morgan fingerprint density at radius 3 is 2.50 bits per heavy atom. The average Bonchev–Trinajstić information content (AvgIpc) is 2.43. The van der Waals surface area contributed by atoms with Crippen LogP contribution in [0.5, 0.6) is 0 Å². The van der Waals surface area contributed by atoms with Gasteiger partial charge >= 0.3 is 0 Å². The van der Waals surface area contributed by atoms with E-state index in [1.807, 2.05) is 11.8 Å². The van der Waals surface area contributed by atoms with Gasteiger partial charge in [0.05, 0.1) is 6.54 Å². The largest absolute Gasteiger partial charge is 0.381 e. The molecule has 0 saturated heterocycles. The summed E-state index contributed by atoms with van der Waals surface area (Å²) in [7, 11) is 0. The van der Waals surface area contributed by atoms with Gasteiger partial charge in [0.25, 0.3) is 0 Å². The topological polar surface area (TPSA) is 45.6 Å². The van der Waals surface area contributed by atoms with Gasteiger partial charge in [0.15, 0.2) is 5.96 Å². The van der Waals surface area contributed by atoms with E-state index in [1.165, 1.54) is 6.42 Å². The molecular weight excluding hydrogens is 385 g/mol. The standard InChI is InChI=1S/C14H31N3OS.HI/c1-5-7-10-18-11-8-9-16-14(15-6-2)17-12-13(3)19-4;/h13H,5-12H2,1-4H3,(H2,15,16,17);1H. The normalized spacial score (nSPS) is 12.7. The van der Waals surface area contributed by atoms with Gasteiger partial charge in [-0.05, 0) is 26.0 Å². The minimum Gasteiger partial charge on any atom is -0.381 e. The van der Waals surface area contributed by atoms with Crippen LogP contribution in [0.4, 0.5) is 0 Å². The fourth-order valence-electron chi connectivity index (χ4n) is 1.37. The van der Waals surface area contributed by atoms with Gasteiger partial charge in [0.2, 0.25) is 0 Å². The van der Waals surface area contributed by atoms with Gasteiger partial charge in [-0.3, -0.25) is 4.99 Å². The third-order valence-electron chi connectivity index (χ3n) is 2.65. The van der Waals surface area contributed by atoms with Crippen LogP contribution in [0.15, 0.2) is 4.99 Å². The number of rotatable bonds is 11. The predicted octanol–water partition coefficient (Wildman–Crippen LogP) is 3.12. The molecule has 0 radical (unpaired) electrons. The van der Waals surface area contributed by atoms with Gasteiger partial charge in [-0.1, -0.05) is 20.3 Å². The Labute approximate surface area is 146 Å². The van der Waals surface area contributed by atoms with Crippen LogP contribution in [0, 0.1) is 0 Å². The van der Waals surface area contributed by atoms with E-state index in [2.05, 4.69) is 42.7 Å². The molecule has 0 aromatic heterocycles. The highest BCUT2D eigenvalue weighted by Gasteiger charge is 2.00. The number of hydrogen-bond donors (Lipinski definition) is 2. The number of guanidine groups is 1. The zero-order valence-electron chi connectivity index (χ0n) is 13.4. The minimum absolute atomic E-state index is 0.